The summed E-state index contributed by atoms with van der Waals surface area (Å²) in [6, 6.07) is 11.1. The summed E-state index contributed by atoms with van der Waals surface area (Å²) < 4.78 is 5.09. The van der Waals surface area contributed by atoms with Gasteiger partial charge in [-0.2, -0.15) is 0 Å². The Balaban J connectivity index is 1.46. The lowest BCUT2D eigenvalue weighted by atomic mass is 10.2. The van der Waals surface area contributed by atoms with Gasteiger partial charge in [-0.25, -0.2) is 0 Å². The molecule has 30 heavy (non-hydrogen) atoms. The highest BCUT2D eigenvalue weighted by atomic mass is 16.3. The van der Waals surface area contributed by atoms with E-state index in [1.54, 1.807) is 19.2 Å². The average molecular weight is 412 g/mol. The van der Waals surface area contributed by atoms with Gasteiger partial charge in [0, 0.05) is 44.3 Å². The number of carbonyl (C=O) groups excluding carboxylic acids is 2. The van der Waals surface area contributed by atoms with Gasteiger partial charge in [0.15, 0.2) is 11.7 Å². The number of aliphatic imine (C=N–C) groups is 1. The first kappa shape index (κ1) is 21.4. The molecule has 1 saturated heterocycles. The number of carbonyl (C=O) groups is 2. The number of nitrogens with zero attached hydrogens (tertiary/aromatic N) is 2. The van der Waals surface area contributed by atoms with E-state index in [0.29, 0.717) is 24.7 Å². The van der Waals surface area contributed by atoms with Crippen LogP contribution in [0, 0.1) is 5.92 Å². The molecular formula is C22H29N5O3. The van der Waals surface area contributed by atoms with E-state index in [9.17, 15) is 9.59 Å². The van der Waals surface area contributed by atoms with Crippen molar-refractivity contribution in [2.24, 2.45) is 10.9 Å². The summed E-state index contributed by atoms with van der Waals surface area (Å²) in [6.45, 7) is 5.92. The monoisotopic (exact) mass is 411 g/mol. The minimum absolute atomic E-state index is 0.0213. The molecule has 3 rings (SSSR count). The van der Waals surface area contributed by atoms with Gasteiger partial charge >= 0.3 is 0 Å². The van der Waals surface area contributed by atoms with Crippen molar-refractivity contribution in [3.63, 3.8) is 0 Å². The van der Waals surface area contributed by atoms with Crippen molar-refractivity contribution < 1.29 is 14.0 Å². The lowest BCUT2D eigenvalue weighted by molar-refractivity contribution is -0.133. The number of amides is 2. The van der Waals surface area contributed by atoms with Crippen LogP contribution in [-0.4, -0.2) is 48.9 Å². The highest BCUT2D eigenvalue weighted by Crippen LogP contribution is 2.14. The molecule has 160 valence electrons. The summed E-state index contributed by atoms with van der Waals surface area (Å²) in [5.74, 6) is 0.914. The van der Waals surface area contributed by atoms with Gasteiger partial charge in [-0.1, -0.05) is 26.0 Å². The van der Waals surface area contributed by atoms with Crippen LogP contribution in [0.1, 0.15) is 36.4 Å². The summed E-state index contributed by atoms with van der Waals surface area (Å²) in [7, 11) is 1.73. The van der Waals surface area contributed by atoms with Crippen molar-refractivity contribution in [3.8, 4) is 0 Å². The van der Waals surface area contributed by atoms with Gasteiger partial charge in [0.1, 0.15) is 0 Å². The van der Waals surface area contributed by atoms with Crippen LogP contribution in [-0.2, 0) is 11.3 Å². The Kier molecular flexibility index (Phi) is 7.11. The number of nitrogens with one attached hydrogen (secondary N) is 3. The van der Waals surface area contributed by atoms with E-state index in [4.69, 9.17) is 4.42 Å². The molecule has 2 aromatic rings. The predicted molar refractivity (Wildman–Crippen MR) is 116 cm³/mol. The minimum Gasteiger partial charge on any atom is -0.459 e. The Bertz CT molecular complexity index is 875. The quantitative estimate of drug-likeness (QED) is 0.501. The van der Waals surface area contributed by atoms with Crippen LogP contribution in [0.3, 0.4) is 0 Å². The zero-order valence-electron chi connectivity index (χ0n) is 17.6. The summed E-state index contributed by atoms with van der Waals surface area (Å²) in [5.41, 5.74) is 1.75. The van der Waals surface area contributed by atoms with Crippen molar-refractivity contribution in [2.45, 2.75) is 32.9 Å². The molecule has 1 aromatic heterocycles. The normalized spacial score (nSPS) is 16.6. The lowest BCUT2D eigenvalue weighted by Gasteiger charge is -2.20. The van der Waals surface area contributed by atoms with E-state index in [-0.39, 0.29) is 29.5 Å². The van der Waals surface area contributed by atoms with Crippen LogP contribution in [0.15, 0.2) is 52.1 Å². The third kappa shape index (κ3) is 5.62. The number of furan rings is 1. The van der Waals surface area contributed by atoms with E-state index < -0.39 is 0 Å². The molecule has 0 aliphatic carbocycles. The topological polar surface area (TPSA) is 99.0 Å². The first-order chi connectivity index (χ1) is 14.5. The fourth-order valence-electron chi connectivity index (χ4n) is 3.32. The van der Waals surface area contributed by atoms with E-state index in [2.05, 4.69) is 20.9 Å². The number of anilines is 1. The SMILES string of the molecule is CN=C(NCc1ccc(NC(=O)c2ccco2)cc1)NC1CCN(C(=O)C(C)C)C1. The molecule has 0 saturated carbocycles. The highest BCUT2D eigenvalue weighted by Gasteiger charge is 2.27. The van der Waals surface area contributed by atoms with E-state index in [1.807, 2.05) is 43.0 Å². The highest BCUT2D eigenvalue weighted by molar-refractivity contribution is 6.02. The maximum absolute atomic E-state index is 12.1. The summed E-state index contributed by atoms with van der Waals surface area (Å²) in [4.78, 5) is 30.3. The van der Waals surface area contributed by atoms with E-state index in [0.717, 1.165) is 18.5 Å². The van der Waals surface area contributed by atoms with Crippen LogP contribution < -0.4 is 16.0 Å². The van der Waals surface area contributed by atoms with E-state index in [1.165, 1.54) is 6.26 Å². The molecule has 1 aromatic carbocycles. The van der Waals surface area contributed by atoms with Crippen molar-refractivity contribution in [3.05, 3.63) is 54.0 Å². The Labute approximate surface area is 176 Å². The van der Waals surface area contributed by atoms with Crippen molar-refractivity contribution in [1.29, 1.82) is 0 Å². The average Bonchev–Trinajstić information content (AvgIpc) is 3.43. The summed E-state index contributed by atoms with van der Waals surface area (Å²) in [6.07, 6.45) is 2.37. The van der Waals surface area contributed by atoms with Gasteiger partial charge in [-0.15, -0.1) is 0 Å². The second kappa shape index (κ2) is 9.96. The zero-order valence-corrected chi connectivity index (χ0v) is 17.6. The second-order valence-electron chi connectivity index (χ2n) is 7.62. The first-order valence-corrected chi connectivity index (χ1v) is 10.2. The molecule has 8 nitrogen and oxygen atoms in total. The van der Waals surface area contributed by atoms with Crippen LogP contribution in [0.2, 0.25) is 0 Å². The fourth-order valence-corrected chi connectivity index (χ4v) is 3.32. The van der Waals surface area contributed by atoms with Gasteiger partial charge in [0.25, 0.3) is 5.91 Å². The molecule has 0 bridgehead atoms. The van der Waals surface area contributed by atoms with Gasteiger partial charge < -0.3 is 25.3 Å². The number of rotatable bonds is 6. The van der Waals surface area contributed by atoms with Crippen molar-refractivity contribution in [2.75, 3.05) is 25.5 Å². The zero-order chi connectivity index (χ0) is 21.5. The van der Waals surface area contributed by atoms with E-state index >= 15 is 0 Å². The Morgan fingerprint density at radius 1 is 1.23 bits per heavy atom. The Hall–Kier alpha value is -3.29. The third-order valence-electron chi connectivity index (χ3n) is 4.98. The molecule has 3 N–H and O–H groups in total. The number of benzene rings is 1. The molecule has 1 unspecified atom stereocenters. The Morgan fingerprint density at radius 2 is 2.00 bits per heavy atom. The largest absolute Gasteiger partial charge is 0.459 e. The number of hydrogen-bond donors (Lipinski definition) is 3. The van der Waals surface area contributed by atoms with Gasteiger partial charge in [0.2, 0.25) is 5.91 Å². The summed E-state index contributed by atoms with van der Waals surface area (Å²) >= 11 is 0. The smallest absolute Gasteiger partial charge is 0.291 e. The third-order valence-corrected chi connectivity index (χ3v) is 4.98. The molecule has 2 heterocycles. The molecule has 1 atom stereocenters. The maximum Gasteiger partial charge on any atom is 0.291 e. The van der Waals surface area contributed by atoms with Crippen molar-refractivity contribution >= 4 is 23.5 Å². The van der Waals surface area contributed by atoms with Crippen LogP contribution in [0.4, 0.5) is 5.69 Å². The summed E-state index contributed by atoms with van der Waals surface area (Å²) in [5, 5.41) is 9.48. The molecule has 1 fully saturated rings. The first-order valence-electron chi connectivity index (χ1n) is 10.2. The molecule has 0 spiro atoms. The fraction of sp³-hybridized carbons (Fsp3) is 0.409. The Morgan fingerprint density at radius 3 is 2.63 bits per heavy atom. The molecule has 8 heteroatoms. The van der Waals surface area contributed by atoms with Crippen molar-refractivity contribution in [1.82, 2.24) is 15.5 Å². The second-order valence-corrected chi connectivity index (χ2v) is 7.62. The number of likely N-dealkylation sites (tertiary alicyclic amines) is 1. The van der Waals surface area contributed by atoms with Crippen LogP contribution in [0.5, 0.6) is 0 Å². The maximum atomic E-state index is 12.1. The lowest BCUT2D eigenvalue weighted by Crippen LogP contribution is -2.45. The number of hydrogen-bond acceptors (Lipinski definition) is 4. The van der Waals surface area contributed by atoms with Gasteiger partial charge in [0.05, 0.1) is 6.26 Å². The van der Waals surface area contributed by atoms with Crippen LogP contribution >= 0.6 is 0 Å². The molecule has 1 aliphatic heterocycles. The number of guanidine groups is 1. The standard InChI is InChI=1S/C22H29N5O3/c1-15(2)21(29)27-11-10-18(14-27)26-22(23-3)24-13-16-6-8-17(9-7-16)25-20(28)19-5-4-12-30-19/h4-9,12,15,18H,10-11,13-14H2,1-3H3,(H,25,28)(H2,23,24,26). The van der Waals surface area contributed by atoms with Crippen LogP contribution in [0.25, 0.3) is 0 Å². The predicted octanol–water partition coefficient (Wildman–Crippen LogP) is 2.45. The molecular weight excluding hydrogens is 382 g/mol. The van der Waals surface area contributed by atoms with Gasteiger partial charge in [-0.3, -0.25) is 14.6 Å². The molecule has 1 aliphatic rings. The van der Waals surface area contributed by atoms with Gasteiger partial charge in [-0.05, 0) is 36.2 Å². The molecule has 0 radical (unpaired) electrons. The molecule has 2 amide bonds. The minimum atomic E-state index is -0.281.